The van der Waals surface area contributed by atoms with Crippen LogP contribution in [0.25, 0.3) is 5.78 Å². The topological polar surface area (TPSA) is 76.3 Å². The summed E-state index contributed by atoms with van der Waals surface area (Å²) in [7, 11) is 0. The standard InChI is InChI=1S/C17H18N6O/c1-12-10-20-14(11-19-12)16(24)23-7-3-2-4-15(23)13-5-8-22-9-6-18-17(22)21-13/h5-6,8-11,15H,2-4,7H2,1H3. The SMILES string of the molecule is Cc1cnc(C(=O)N2CCCCC2c2ccn3ccnc3n2)cn1. The minimum atomic E-state index is -0.0859. The van der Waals surface area contributed by atoms with Crippen LogP contribution in [0.15, 0.2) is 37.1 Å². The molecular weight excluding hydrogens is 304 g/mol. The van der Waals surface area contributed by atoms with Crippen molar-refractivity contribution in [2.24, 2.45) is 0 Å². The molecule has 4 rings (SSSR count). The Morgan fingerprint density at radius 1 is 1.17 bits per heavy atom. The molecule has 7 nitrogen and oxygen atoms in total. The number of nitrogens with zero attached hydrogens (tertiary/aromatic N) is 6. The number of likely N-dealkylation sites (tertiary alicyclic amines) is 1. The number of hydrogen-bond acceptors (Lipinski definition) is 5. The fraction of sp³-hybridized carbons (Fsp3) is 0.353. The van der Waals surface area contributed by atoms with E-state index in [1.165, 1.54) is 0 Å². The molecule has 1 amide bonds. The highest BCUT2D eigenvalue weighted by molar-refractivity contribution is 5.92. The second-order valence-electron chi connectivity index (χ2n) is 6.04. The highest BCUT2D eigenvalue weighted by Gasteiger charge is 2.30. The molecule has 0 aromatic carbocycles. The number of carbonyl (C=O) groups excluding carboxylic acids is 1. The maximum absolute atomic E-state index is 12.9. The first-order chi connectivity index (χ1) is 11.7. The Morgan fingerprint density at radius 3 is 2.92 bits per heavy atom. The molecule has 3 aromatic heterocycles. The van der Waals surface area contributed by atoms with E-state index in [4.69, 9.17) is 0 Å². The molecule has 1 unspecified atom stereocenters. The average Bonchev–Trinajstić information content (AvgIpc) is 3.09. The van der Waals surface area contributed by atoms with E-state index in [9.17, 15) is 4.79 Å². The first-order valence-electron chi connectivity index (χ1n) is 8.11. The molecule has 1 fully saturated rings. The van der Waals surface area contributed by atoms with Crippen molar-refractivity contribution in [1.29, 1.82) is 0 Å². The Morgan fingerprint density at radius 2 is 2.08 bits per heavy atom. The van der Waals surface area contributed by atoms with E-state index in [1.807, 2.05) is 34.7 Å². The van der Waals surface area contributed by atoms with Crippen molar-refractivity contribution in [2.45, 2.75) is 32.2 Å². The molecule has 0 bridgehead atoms. The number of piperidine rings is 1. The second kappa shape index (κ2) is 5.99. The Labute approximate surface area is 139 Å². The summed E-state index contributed by atoms with van der Waals surface area (Å²) in [6.07, 6.45) is 11.7. The van der Waals surface area contributed by atoms with Gasteiger partial charge in [-0.05, 0) is 32.3 Å². The van der Waals surface area contributed by atoms with Gasteiger partial charge in [0.15, 0.2) is 0 Å². The van der Waals surface area contributed by atoms with Crippen molar-refractivity contribution in [3.8, 4) is 0 Å². The van der Waals surface area contributed by atoms with Gasteiger partial charge in [0.1, 0.15) is 5.69 Å². The van der Waals surface area contributed by atoms with Gasteiger partial charge in [-0.2, -0.15) is 0 Å². The van der Waals surface area contributed by atoms with E-state index in [0.717, 1.165) is 30.7 Å². The van der Waals surface area contributed by atoms with Gasteiger partial charge in [0.25, 0.3) is 5.91 Å². The molecule has 1 aliphatic heterocycles. The number of carbonyl (C=O) groups is 1. The highest BCUT2D eigenvalue weighted by Crippen LogP contribution is 2.30. The Hall–Kier alpha value is -2.83. The fourth-order valence-electron chi connectivity index (χ4n) is 3.14. The van der Waals surface area contributed by atoms with E-state index in [0.29, 0.717) is 18.0 Å². The van der Waals surface area contributed by atoms with Crippen LogP contribution in [0, 0.1) is 6.92 Å². The smallest absolute Gasteiger partial charge is 0.274 e. The number of fused-ring (bicyclic) bond motifs is 1. The number of rotatable bonds is 2. The van der Waals surface area contributed by atoms with Crippen LogP contribution in [-0.2, 0) is 0 Å². The van der Waals surface area contributed by atoms with Crippen LogP contribution in [0.5, 0.6) is 0 Å². The maximum atomic E-state index is 12.9. The summed E-state index contributed by atoms with van der Waals surface area (Å²) < 4.78 is 1.87. The maximum Gasteiger partial charge on any atom is 0.274 e. The summed E-state index contributed by atoms with van der Waals surface area (Å²) in [5.74, 6) is 0.567. The van der Waals surface area contributed by atoms with Crippen LogP contribution in [0.3, 0.4) is 0 Å². The van der Waals surface area contributed by atoms with E-state index in [-0.39, 0.29) is 11.9 Å². The third-order valence-electron chi connectivity index (χ3n) is 4.39. The number of imidazole rings is 1. The van der Waals surface area contributed by atoms with Gasteiger partial charge in [-0.1, -0.05) is 0 Å². The monoisotopic (exact) mass is 322 g/mol. The molecule has 1 saturated heterocycles. The first-order valence-corrected chi connectivity index (χ1v) is 8.11. The normalized spacial score (nSPS) is 18.0. The lowest BCUT2D eigenvalue weighted by molar-refractivity contribution is 0.0599. The zero-order valence-corrected chi connectivity index (χ0v) is 13.5. The zero-order chi connectivity index (χ0) is 16.5. The molecule has 0 radical (unpaired) electrons. The summed E-state index contributed by atoms with van der Waals surface area (Å²) in [6, 6.07) is 1.92. The molecule has 0 spiro atoms. The quantitative estimate of drug-likeness (QED) is 0.723. The van der Waals surface area contributed by atoms with Gasteiger partial charge in [0.05, 0.1) is 23.6 Å². The van der Waals surface area contributed by atoms with Gasteiger partial charge in [-0.25, -0.2) is 15.0 Å². The summed E-state index contributed by atoms with van der Waals surface area (Å²) in [6.45, 7) is 2.56. The third kappa shape index (κ3) is 2.62. The highest BCUT2D eigenvalue weighted by atomic mass is 16.2. The van der Waals surface area contributed by atoms with Crippen LogP contribution in [0.2, 0.25) is 0 Å². The van der Waals surface area contributed by atoms with Gasteiger partial charge in [0.2, 0.25) is 5.78 Å². The Kier molecular flexibility index (Phi) is 3.68. The summed E-state index contributed by atoms with van der Waals surface area (Å²) in [4.78, 5) is 32.0. The zero-order valence-electron chi connectivity index (χ0n) is 13.5. The number of hydrogen-bond donors (Lipinski definition) is 0. The predicted molar refractivity (Wildman–Crippen MR) is 87.4 cm³/mol. The van der Waals surface area contributed by atoms with E-state index in [2.05, 4.69) is 19.9 Å². The van der Waals surface area contributed by atoms with Crippen molar-refractivity contribution in [3.05, 3.63) is 54.1 Å². The molecule has 1 atom stereocenters. The van der Waals surface area contributed by atoms with Crippen LogP contribution in [0.4, 0.5) is 0 Å². The molecule has 122 valence electrons. The molecule has 0 aliphatic carbocycles. The second-order valence-corrected chi connectivity index (χ2v) is 6.04. The number of aryl methyl sites for hydroxylation is 1. The third-order valence-corrected chi connectivity index (χ3v) is 4.39. The van der Waals surface area contributed by atoms with Crippen molar-refractivity contribution in [1.82, 2.24) is 29.2 Å². The predicted octanol–water partition coefficient (Wildman–Crippen LogP) is 2.20. The van der Waals surface area contributed by atoms with E-state index < -0.39 is 0 Å². The van der Waals surface area contributed by atoms with Crippen LogP contribution < -0.4 is 0 Å². The lowest BCUT2D eigenvalue weighted by atomic mass is 9.98. The minimum Gasteiger partial charge on any atom is -0.329 e. The van der Waals surface area contributed by atoms with Crippen LogP contribution >= 0.6 is 0 Å². The molecule has 24 heavy (non-hydrogen) atoms. The first kappa shape index (κ1) is 14.7. The molecule has 0 N–H and O–H groups in total. The van der Waals surface area contributed by atoms with Crippen molar-refractivity contribution >= 4 is 11.7 Å². The molecule has 3 aromatic rings. The Balaban J connectivity index is 1.67. The van der Waals surface area contributed by atoms with Gasteiger partial charge in [0, 0.05) is 31.3 Å². The van der Waals surface area contributed by atoms with E-state index >= 15 is 0 Å². The Bertz CT molecular complexity index is 872. The molecular formula is C17H18N6O. The minimum absolute atomic E-state index is 0.0453. The van der Waals surface area contributed by atoms with E-state index in [1.54, 1.807) is 18.6 Å². The van der Waals surface area contributed by atoms with Gasteiger partial charge < -0.3 is 4.90 Å². The van der Waals surface area contributed by atoms with Crippen molar-refractivity contribution < 1.29 is 4.79 Å². The van der Waals surface area contributed by atoms with Crippen molar-refractivity contribution in [2.75, 3.05) is 6.54 Å². The molecule has 1 aliphatic rings. The lowest BCUT2D eigenvalue weighted by Crippen LogP contribution is -2.39. The number of amides is 1. The van der Waals surface area contributed by atoms with Gasteiger partial charge >= 0.3 is 0 Å². The fourth-order valence-corrected chi connectivity index (χ4v) is 3.14. The van der Waals surface area contributed by atoms with Crippen molar-refractivity contribution in [3.63, 3.8) is 0 Å². The summed E-state index contributed by atoms with van der Waals surface area (Å²) in [5, 5.41) is 0. The molecule has 4 heterocycles. The summed E-state index contributed by atoms with van der Waals surface area (Å²) in [5.41, 5.74) is 2.06. The van der Waals surface area contributed by atoms with Crippen LogP contribution in [0.1, 0.15) is 47.2 Å². The molecule has 0 saturated carbocycles. The number of aromatic nitrogens is 5. The summed E-state index contributed by atoms with van der Waals surface area (Å²) >= 11 is 0. The lowest BCUT2D eigenvalue weighted by Gasteiger charge is -2.35. The molecule has 7 heteroatoms. The van der Waals surface area contributed by atoms with Crippen LogP contribution in [-0.4, -0.2) is 41.7 Å². The average molecular weight is 322 g/mol. The van der Waals surface area contributed by atoms with Gasteiger partial charge in [-0.15, -0.1) is 0 Å². The largest absolute Gasteiger partial charge is 0.329 e. The van der Waals surface area contributed by atoms with Gasteiger partial charge in [-0.3, -0.25) is 14.2 Å².